The van der Waals surface area contributed by atoms with E-state index in [4.69, 9.17) is 18.2 Å². The van der Waals surface area contributed by atoms with Crippen molar-refractivity contribution < 1.29 is 18.0 Å². The van der Waals surface area contributed by atoms with Gasteiger partial charge in [-0.3, -0.25) is 4.79 Å². The van der Waals surface area contributed by atoms with Gasteiger partial charge in [-0.1, -0.05) is 23.3 Å². The van der Waals surface area contributed by atoms with Gasteiger partial charge in [0.2, 0.25) is 5.91 Å². The fourth-order valence-corrected chi connectivity index (χ4v) is 4.58. The van der Waals surface area contributed by atoms with Gasteiger partial charge >= 0.3 is 6.18 Å². The monoisotopic (exact) mass is 464 g/mol. The first kappa shape index (κ1) is 22.3. The van der Waals surface area contributed by atoms with Crippen molar-refractivity contribution in [1.82, 2.24) is 20.1 Å². The van der Waals surface area contributed by atoms with Gasteiger partial charge < -0.3 is 14.6 Å². The number of rotatable bonds is 4. The van der Waals surface area contributed by atoms with Crippen molar-refractivity contribution >= 4 is 29.1 Å². The number of amides is 1. The van der Waals surface area contributed by atoms with Crippen LogP contribution in [0, 0.1) is 12.5 Å². The lowest BCUT2D eigenvalue weighted by molar-refractivity contribution is -0.137. The van der Waals surface area contributed by atoms with Crippen molar-refractivity contribution in [3.05, 3.63) is 52.1 Å². The smallest absolute Gasteiger partial charge is 0.359 e. The average molecular weight is 465 g/mol. The molecule has 0 aromatic carbocycles. The van der Waals surface area contributed by atoms with E-state index in [0.717, 1.165) is 18.7 Å². The fourth-order valence-electron chi connectivity index (χ4n) is 4.30. The molecule has 4 rings (SSSR count). The van der Waals surface area contributed by atoms with Gasteiger partial charge in [0.05, 0.1) is 16.3 Å². The van der Waals surface area contributed by atoms with Gasteiger partial charge in [0.15, 0.2) is 0 Å². The molecule has 0 saturated carbocycles. The first-order valence-corrected chi connectivity index (χ1v) is 10.6. The number of hydrogen-bond donors (Lipinski definition) is 0. The van der Waals surface area contributed by atoms with Crippen LogP contribution in [-0.4, -0.2) is 51.7 Å². The highest BCUT2D eigenvalue weighted by Gasteiger charge is 2.38. The molecule has 0 bridgehead atoms. The lowest BCUT2D eigenvalue weighted by Gasteiger charge is -2.37. The zero-order chi connectivity index (χ0) is 22.9. The predicted octanol–water partition coefficient (Wildman–Crippen LogP) is 4.15. The number of alkyl halides is 3. The zero-order valence-electron chi connectivity index (χ0n) is 17.0. The Morgan fingerprint density at radius 3 is 2.50 bits per heavy atom. The van der Waals surface area contributed by atoms with Crippen LogP contribution in [0.25, 0.3) is 4.85 Å². The molecule has 2 saturated heterocycles. The molecule has 32 heavy (non-hydrogen) atoms. The van der Waals surface area contributed by atoms with Crippen LogP contribution >= 0.6 is 11.6 Å². The molecule has 1 amide bonds. The summed E-state index contributed by atoms with van der Waals surface area (Å²) in [5, 5.41) is 7.82. The Labute approximate surface area is 188 Å². The first-order chi connectivity index (χ1) is 15.3. The maximum absolute atomic E-state index is 12.9. The topological polar surface area (TPSA) is 66.6 Å². The van der Waals surface area contributed by atoms with Crippen molar-refractivity contribution in [3.8, 4) is 0 Å². The Balaban J connectivity index is 1.34. The van der Waals surface area contributed by atoms with Crippen LogP contribution in [0.3, 0.4) is 0 Å². The van der Waals surface area contributed by atoms with Crippen molar-refractivity contribution in [2.75, 3.05) is 24.5 Å². The van der Waals surface area contributed by atoms with E-state index in [0.29, 0.717) is 50.4 Å². The van der Waals surface area contributed by atoms with Crippen molar-refractivity contribution in [2.24, 2.45) is 5.92 Å². The number of hydrogen-bond acceptors (Lipinski definition) is 5. The molecular formula is C21H20ClF3N6O. The lowest BCUT2D eigenvalue weighted by atomic mass is 10.0. The highest BCUT2D eigenvalue weighted by Crippen LogP contribution is 2.35. The van der Waals surface area contributed by atoms with Crippen LogP contribution in [0.4, 0.5) is 24.8 Å². The summed E-state index contributed by atoms with van der Waals surface area (Å²) in [5.41, 5.74) is -0.182. The lowest BCUT2D eigenvalue weighted by Crippen LogP contribution is -2.46. The largest absolute Gasteiger partial charge is 0.417 e. The summed E-state index contributed by atoms with van der Waals surface area (Å²) in [6.45, 7) is 8.71. The quantitative estimate of drug-likeness (QED) is 0.636. The van der Waals surface area contributed by atoms with Crippen LogP contribution in [-0.2, 0) is 17.4 Å². The van der Waals surface area contributed by atoms with Crippen molar-refractivity contribution in [3.63, 3.8) is 0 Å². The van der Waals surface area contributed by atoms with Gasteiger partial charge in [-0.15, -0.1) is 0 Å². The van der Waals surface area contributed by atoms with Crippen LogP contribution in [0.2, 0.25) is 5.02 Å². The van der Waals surface area contributed by atoms with E-state index >= 15 is 0 Å². The number of nitrogens with zero attached hydrogens (tertiary/aromatic N) is 6. The predicted molar refractivity (Wildman–Crippen MR) is 111 cm³/mol. The average Bonchev–Trinajstić information content (AvgIpc) is 3.14. The summed E-state index contributed by atoms with van der Waals surface area (Å²) in [7, 11) is 0. The Morgan fingerprint density at radius 2 is 1.91 bits per heavy atom. The molecule has 0 unspecified atom stereocenters. The number of aromatic nitrogens is 3. The van der Waals surface area contributed by atoms with E-state index in [2.05, 4.69) is 20.0 Å². The SMILES string of the molecule is [C-]#[N+]c1ccc(C[C@H]2CCN(C3CCN(c4ncc(C(F)(F)F)cc4Cl)CC3)C2=O)nn1. The number of carbonyl (C=O) groups excluding carboxylic acids is 1. The van der Waals surface area contributed by atoms with Gasteiger partial charge in [-0.25, -0.2) is 4.98 Å². The Hall–Kier alpha value is -2.93. The van der Waals surface area contributed by atoms with Crippen molar-refractivity contribution in [1.29, 1.82) is 0 Å². The molecule has 11 heteroatoms. The molecule has 0 radical (unpaired) electrons. The summed E-state index contributed by atoms with van der Waals surface area (Å²) in [4.78, 5) is 23.9. The third kappa shape index (κ3) is 4.63. The number of halogens is 4. The number of piperidine rings is 1. The number of likely N-dealkylation sites (tertiary alicyclic amines) is 1. The molecule has 2 aliphatic rings. The molecule has 0 N–H and O–H groups in total. The second kappa shape index (κ2) is 8.90. The van der Waals surface area contributed by atoms with E-state index in [-0.39, 0.29) is 28.7 Å². The highest BCUT2D eigenvalue weighted by atomic mass is 35.5. The summed E-state index contributed by atoms with van der Waals surface area (Å²) >= 11 is 6.07. The zero-order valence-corrected chi connectivity index (χ0v) is 17.8. The number of anilines is 1. The molecule has 0 aliphatic carbocycles. The molecule has 0 spiro atoms. The second-order valence-corrected chi connectivity index (χ2v) is 8.37. The van der Waals surface area contributed by atoms with Crippen LogP contribution in [0.15, 0.2) is 24.4 Å². The molecular weight excluding hydrogens is 445 g/mol. The minimum absolute atomic E-state index is 0.0269. The summed E-state index contributed by atoms with van der Waals surface area (Å²) in [6, 6.07) is 4.31. The molecule has 4 heterocycles. The van der Waals surface area contributed by atoms with Gasteiger partial charge in [0, 0.05) is 44.2 Å². The second-order valence-electron chi connectivity index (χ2n) is 7.96. The first-order valence-electron chi connectivity index (χ1n) is 10.2. The van der Waals surface area contributed by atoms with Gasteiger partial charge in [0.25, 0.3) is 5.82 Å². The third-order valence-corrected chi connectivity index (χ3v) is 6.26. The normalized spacial score (nSPS) is 20.0. The van der Waals surface area contributed by atoms with Gasteiger partial charge in [0.1, 0.15) is 5.82 Å². The minimum Gasteiger partial charge on any atom is -0.359 e. The number of pyridine rings is 1. The van der Waals surface area contributed by atoms with E-state index < -0.39 is 11.7 Å². The van der Waals surface area contributed by atoms with Crippen LogP contribution < -0.4 is 4.90 Å². The number of carbonyl (C=O) groups is 1. The highest BCUT2D eigenvalue weighted by molar-refractivity contribution is 6.33. The van der Waals surface area contributed by atoms with Crippen LogP contribution in [0.5, 0.6) is 0 Å². The maximum atomic E-state index is 12.9. The minimum atomic E-state index is -4.49. The molecule has 2 aromatic heterocycles. The third-order valence-electron chi connectivity index (χ3n) is 5.98. The molecule has 1 atom stereocenters. The Kier molecular flexibility index (Phi) is 6.20. The Bertz CT molecular complexity index is 1030. The molecule has 168 valence electrons. The molecule has 7 nitrogen and oxygen atoms in total. The van der Waals surface area contributed by atoms with Gasteiger partial charge in [-0.2, -0.15) is 13.2 Å². The van der Waals surface area contributed by atoms with E-state index in [1.54, 1.807) is 12.1 Å². The van der Waals surface area contributed by atoms with Gasteiger partial charge in [-0.05, 0) is 42.6 Å². The summed E-state index contributed by atoms with van der Waals surface area (Å²) in [5.74, 6) is 0.491. The molecule has 2 fully saturated rings. The van der Waals surface area contributed by atoms with Crippen molar-refractivity contribution in [2.45, 2.75) is 37.9 Å². The summed E-state index contributed by atoms with van der Waals surface area (Å²) < 4.78 is 38.5. The van der Waals surface area contributed by atoms with Crippen LogP contribution in [0.1, 0.15) is 30.5 Å². The van der Waals surface area contributed by atoms with E-state index in [9.17, 15) is 18.0 Å². The standard InChI is InChI=1S/C21H20ClF3N6O/c1-26-18-3-2-15(28-29-18)10-13-4-9-31(20(13)32)16-5-7-30(8-6-16)19-17(22)11-14(12-27-19)21(23,24)25/h2-3,11-13,16H,4-10H2/t13-/m1/s1. The Morgan fingerprint density at radius 1 is 1.16 bits per heavy atom. The molecule has 2 aliphatic heterocycles. The maximum Gasteiger partial charge on any atom is 0.417 e. The fraction of sp³-hybridized carbons (Fsp3) is 0.476. The molecule has 2 aromatic rings. The van der Waals surface area contributed by atoms with E-state index in [1.807, 2.05) is 9.80 Å². The van der Waals surface area contributed by atoms with E-state index in [1.165, 1.54) is 0 Å². The summed E-state index contributed by atoms with van der Waals surface area (Å²) in [6.07, 6.45) is -1.08.